The number of rotatable bonds is 12. The van der Waals surface area contributed by atoms with Crippen molar-refractivity contribution < 1.29 is 9.53 Å². The molecule has 9 heteroatoms. The molecule has 4 aromatic rings. The van der Waals surface area contributed by atoms with Crippen LogP contribution in [0.25, 0.3) is 11.3 Å². The van der Waals surface area contributed by atoms with Gasteiger partial charge in [0, 0.05) is 54.8 Å². The molecule has 9 nitrogen and oxygen atoms in total. The van der Waals surface area contributed by atoms with Gasteiger partial charge in [-0.15, -0.1) is 0 Å². The molecular weight excluding hydrogens is 586 g/mol. The van der Waals surface area contributed by atoms with E-state index in [-0.39, 0.29) is 23.0 Å². The second-order valence-corrected chi connectivity index (χ2v) is 14.3. The van der Waals surface area contributed by atoms with E-state index < -0.39 is 0 Å². The Kier molecular flexibility index (Phi) is 10.2. The van der Waals surface area contributed by atoms with Gasteiger partial charge in [-0.25, -0.2) is 19.9 Å². The average Bonchev–Trinajstić information content (AvgIpc) is 3.07. The normalized spacial score (nSPS) is 19.1. The molecule has 0 spiro atoms. The number of nitrogens with zero attached hydrogens (tertiary/aromatic N) is 6. The topological polar surface area (TPSA) is 116 Å². The third-order valence-corrected chi connectivity index (χ3v) is 9.87. The molecule has 0 saturated heterocycles. The van der Waals surface area contributed by atoms with Gasteiger partial charge in [-0.2, -0.15) is 0 Å². The van der Waals surface area contributed by atoms with Crippen molar-refractivity contribution in [2.24, 2.45) is 11.8 Å². The van der Waals surface area contributed by atoms with Crippen molar-refractivity contribution in [2.75, 3.05) is 12.4 Å². The molecule has 0 amide bonds. The molecular formula is C38H47N7O2. The Morgan fingerprint density at radius 1 is 0.894 bits per heavy atom. The quantitative estimate of drug-likeness (QED) is 0.171. The highest BCUT2D eigenvalue weighted by atomic mass is 16.5. The van der Waals surface area contributed by atoms with Gasteiger partial charge >= 0.3 is 6.01 Å². The molecule has 1 unspecified atom stereocenters. The number of ether oxygens (including phenoxy) is 1. The summed E-state index contributed by atoms with van der Waals surface area (Å²) >= 11 is 0. The zero-order valence-electron chi connectivity index (χ0n) is 28.2. The van der Waals surface area contributed by atoms with E-state index >= 15 is 0 Å². The van der Waals surface area contributed by atoms with Crippen molar-refractivity contribution in [3.05, 3.63) is 84.0 Å². The lowest BCUT2D eigenvalue weighted by atomic mass is 9.72. The van der Waals surface area contributed by atoms with E-state index in [9.17, 15) is 4.79 Å². The number of benzene rings is 1. The lowest BCUT2D eigenvalue weighted by Crippen LogP contribution is -2.30. The van der Waals surface area contributed by atoms with E-state index in [4.69, 9.17) is 24.7 Å². The predicted molar refractivity (Wildman–Crippen MR) is 183 cm³/mol. The number of hydrogen-bond acceptors (Lipinski definition) is 9. The van der Waals surface area contributed by atoms with Crippen LogP contribution in [0.5, 0.6) is 6.01 Å². The summed E-state index contributed by atoms with van der Waals surface area (Å²) in [5.74, 6) is 2.59. The molecule has 2 saturated carbocycles. The Labute approximate surface area is 278 Å². The largest absolute Gasteiger partial charge is 0.467 e. The Bertz CT molecular complexity index is 1610. The van der Waals surface area contributed by atoms with E-state index in [2.05, 4.69) is 48.2 Å². The number of carbonyl (C=O) groups is 1. The maximum Gasteiger partial charge on any atom is 0.316 e. The Morgan fingerprint density at radius 2 is 1.64 bits per heavy atom. The summed E-state index contributed by atoms with van der Waals surface area (Å²) in [4.78, 5) is 41.8. The highest BCUT2D eigenvalue weighted by Gasteiger charge is 2.35. The first-order valence-corrected chi connectivity index (χ1v) is 17.1. The number of hydrogen-bond donors (Lipinski definition) is 1. The van der Waals surface area contributed by atoms with Crippen LogP contribution in [0.2, 0.25) is 0 Å². The molecule has 3 heterocycles. The fourth-order valence-electron chi connectivity index (χ4n) is 6.84. The molecule has 3 aromatic heterocycles. The first kappa shape index (κ1) is 32.7. The molecule has 246 valence electrons. The Morgan fingerprint density at radius 3 is 2.26 bits per heavy atom. The zero-order chi connectivity index (χ0) is 32.8. The monoisotopic (exact) mass is 633 g/mol. The van der Waals surface area contributed by atoms with Gasteiger partial charge in [-0.3, -0.25) is 14.8 Å². The predicted octanol–water partition coefficient (Wildman–Crippen LogP) is 7.33. The number of anilines is 1. The number of Topliss-reactive ketones (excluding diaryl/α,β-unsaturated/α-hetero) is 1. The number of carbonyl (C=O) groups excluding carboxylic acids is 1. The first-order chi connectivity index (χ1) is 22.8. The number of nitrogens with one attached hydrogen (secondary N) is 1. The third kappa shape index (κ3) is 8.18. The van der Waals surface area contributed by atoms with Crippen molar-refractivity contribution in [3.63, 3.8) is 0 Å². The van der Waals surface area contributed by atoms with Gasteiger partial charge in [0.2, 0.25) is 0 Å². The van der Waals surface area contributed by atoms with Crippen molar-refractivity contribution >= 4 is 11.6 Å². The van der Waals surface area contributed by atoms with E-state index in [0.717, 1.165) is 61.4 Å². The van der Waals surface area contributed by atoms with Gasteiger partial charge in [0.25, 0.3) is 0 Å². The van der Waals surface area contributed by atoms with Crippen molar-refractivity contribution in [2.45, 2.75) is 102 Å². The number of methoxy groups -OCH3 is 1. The van der Waals surface area contributed by atoms with Crippen LogP contribution in [-0.2, 0) is 23.1 Å². The molecule has 2 aliphatic rings. The molecule has 47 heavy (non-hydrogen) atoms. The number of aryl methyl sites for hydroxylation is 1. The van der Waals surface area contributed by atoms with Crippen LogP contribution in [0.3, 0.4) is 0 Å². The van der Waals surface area contributed by atoms with Gasteiger partial charge in [-0.05, 0) is 74.2 Å². The molecule has 2 fully saturated rings. The maximum atomic E-state index is 14.0. The van der Waals surface area contributed by atoms with E-state index in [0.29, 0.717) is 30.1 Å². The lowest BCUT2D eigenvalue weighted by Gasteiger charge is -2.33. The number of aromatic nitrogens is 6. The lowest BCUT2D eigenvalue weighted by molar-refractivity contribution is -0.122. The molecule has 2 aliphatic carbocycles. The van der Waals surface area contributed by atoms with Gasteiger partial charge < -0.3 is 10.1 Å². The van der Waals surface area contributed by atoms with Crippen LogP contribution in [0.4, 0.5) is 5.82 Å². The molecule has 0 aliphatic heterocycles. The second-order valence-electron chi connectivity index (χ2n) is 14.3. The summed E-state index contributed by atoms with van der Waals surface area (Å²) in [5, 5.41) is 3.71. The SMILES string of the molecule is COc1ncc(-c2cnc(C(C(=O)CCc3ccccc3)C3CCC(Cc4ncc(C(C)(C)C)c(NC5CCC5)n4)CC3)cn2)cn1. The minimum Gasteiger partial charge on any atom is -0.467 e. The van der Waals surface area contributed by atoms with Crippen molar-refractivity contribution in [1.82, 2.24) is 29.9 Å². The highest BCUT2D eigenvalue weighted by molar-refractivity contribution is 5.86. The second kappa shape index (κ2) is 14.7. The van der Waals surface area contributed by atoms with E-state index in [1.165, 1.54) is 37.5 Å². The van der Waals surface area contributed by atoms with Gasteiger partial charge in [0.05, 0.1) is 30.6 Å². The molecule has 0 radical (unpaired) electrons. The number of ketones is 1. The summed E-state index contributed by atoms with van der Waals surface area (Å²) in [6.45, 7) is 6.67. The minimum atomic E-state index is -0.283. The van der Waals surface area contributed by atoms with Crippen LogP contribution < -0.4 is 10.1 Å². The third-order valence-electron chi connectivity index (χ3n) is 9.87. The average molecular weight is 634 g/mol. The summed E-state index contributed by atoms with van der Waals surface area (Å²) in [6, 6.07) is 11.1. The molecule has 6 rings (SSSR count). The first-order valence-electron chi connectivity index (χ1n) is 17.1. The maximum absolute atomic E-state index is 14.0. The summed E-state index contributed by atoms with van der Waals surface area (Å²) in [7, 11) is 1.54. The Hall–Kier alpha value is -4.27. The van der Waals surface area contributed by atoms with Crippen LogP contribution >= 0.6 is 0 Å². The summed E-state index contributed by atoms with van der Waals surface area (Å²) < 4.78 is 5.08. The molecule has 0 bridgehead atoms. The van der Waals surface area contributed by atoms with Gasteiger partial charge in [-0.1, -0.05) is 51.1 Å². The van der Waals surface area contributed by atoms with Crippen LogP contribution in [0.1, 0.15) is 101 Å². The Balaban J connectivity index is 1.15. The van der Waals surface area contributed by atoms with Gasteiger partial charge in [0.15, 0.2) is 0 Å². The van der Waals surface area contributed by atoms with Crippen LogP contribution in [-0.4, -0.2) is 48.8 Å². The highest BCUT2D eigenvalue weighted by Crippen LogP contribution is 2.40. The van der Waals surface area contributed by atoms with E-state index in [1.54, 1.807) is 24.8 Å². The summed E-state index contributed by atoms with van der Waals surface area (Å²) in [6.07, 6.45) is 18.7. The minimum absolute atomic E-state index is 0.0196. The molecule has 1 N–H and O–H groups in total. The van der Waals surface area contributed by atoms with Crippen molar-refractivity contribution in [3.8, 4) is 17.3 Å². The fraction of sp³-hybridized carbons (Fsp3) is 0.500. The van der Waals surface area contributed by atoms with Crippen molar-refractivity contribution in [1.29, 1.82) is 0 Å². The van der Waals surface area contributed by atoms with Crippen LogP contribution in [0.15, 0.2) is 61.3 Å². The fourth-order valence-corrected chi connectivity index (χ4v) is 6.84. The van der Waals surface area contributed by atoms with Crippen LogP contribution in [0, 0.1) is 11.8 Å². The van der Waals surface area contributed by atoms with Gasteiger partial charge in [0.1, 0.15) is 17.4 Å². The molecule has 1 aromatic carbocycles. The smallest absolute Gasteiger partial charge is 0.316 e. The zero-order valence-corrected chi connectivity index (χ0v) is 28.2. The molecule has 1 atom stereocenters. The summed E-state index contributed by atoms with van der Waals surface area (Å²) in [5.41, 5.74) is 4.50. The van der Waals surface area contributed by atoms with E-state index in [1.807, 2.05) is 24.4 Å². The standard InChI is InChI=1S/C38H47N7O2/c1-38(2,3)30-22-41-34(45-36(30)44-29-11-8-12-29)19-26-13-16-27(17-14-26)35(33(46)18-15-25-9-6-5-7-10-25)32-24-39-31(23-40-32)28-20-42-37(47-4)43-21-28/h5-7,9-10,20-24,26-27,29,35H,8,11-19H2,1-4H3,(H,41,44,45).